The normalized spacial score (nSPS) is 14.8. The average molecular weight is 1170 g/mol. The first kappa shape index (κ1) is 78.6. The minimum absolute atomic E-state index is 0. The van der Waals surface area contributed by atoms with Crippen molar-refractivity contribution in [1.29, 1.82) is 0 Å². The summed E-state index contributed by atoms with van der Waals surface area (Å²) in [4.78, 5) is 149. The monoisotopic (exact) mass is 1170 g/mol. The van der Waals surface area contributed by atoms with Gasteiger partial charge >= 0.3 is 0 Å². The Balaban J connectivity index is 0. The summed E-state index contributed by atoms with van der Waals surface area (Å²) in [5.74, 6) is -6.53. The first-order chi connectivity index (χ1) is 37.7. The van der Waals surface area contributed by atoms with E-state index in [1.54, 1.807) is 55.4 Å². The van der Waals surface area contributed by atoms with Gasteiger partial charge in [-0.25, -0.2) is 0 Å². The number of hydrogen-bond acceptors (Lipinski definition) is 15. The highest BCUT2D eigenvalue weighted by Crippen LogP contribution is 2.15. The van der Waals surface area contributed by atoms with Crippen molar-refractivity contribution in [2.24, 2.45) is 5.73 Å². The van der Waals surface area contributed by atoms with Crippen LogP contribution in [0.15, 0.2) is 0 Å². The number of hydrogen-bond donors (Lipinski definition) is 6. The molecule has 0 aliphatic carbocycles. The van der Waals surface area contributed by atoms with Crippen molar-refractivity contribution >= 4 is 59.1 Å². The van der Waals surface area contributed by atoms with Crippen molar-refractivity contribution in [3.8, 4) is 0 Å². The fraction of sp³-hybridized carbons (Fsp3) is 0.825. The molecule has 0 heterocycles. The molecule has 0 saturated carbocycles. The molecule has 7 N–H and O–H groups in total. The predicted octanol–water partition coefficient (Wildman–Crippen LogP) is 0.469. The summed E-state index contributed by atoms with van der Waals surface area (Å²) in [5, 5.41) is 45.2. The minimum atomic E-state index is -1.17. The van der Waals surface area contributed by atoms with E-state index in [4.69, 9.17) is 5.73 Å². The number of rotatable bonds is 40. The maximum Gasteiger partial charge on any atom is 0.242 e. The zero-order chi connectivity index (χ0) is 62.6. The van der Waals surface area contributed by atoms with E-state index < -0.39 is 142 Å². The molecule has 0 aromatic rings. The zero-order valence-electron chi connectivity index (χ0n) is 51.9. The van der Waals surface area contributed by atoms with Crippen LogP contribution in [0.3, 0.4) is 0 Å². The largest absolute Gasteiger partial charge is 0.392 e. The second kappa shape index (κ2) is 39.9. The molecule has 0 spiro atoms. The van der Waals surface area contributed by atoms with E-state index in [1.807, 2.05) is 27.7 Å². The van der Waals surface area contributed by atoms with Gasteiger partial charge in [0.2, 0.25) is 59.1 Å². The molecule has 0 saturated heterocycles. The Bertz CT molecular complexity index is 2010. The van der Waals surface area contributed by atoms with Crippen LogP contribution in [-0.2, 0) is 47.9 Å². The molecule has 0 aliphatic heterocycles. The van der Waals surface area contributed by atoms with Crippen LogP contribution in [0, 0.1) is 0 Å². The molecule has 0 rings (SSSR count). The lowest BCUT2D eigenvalue weighted by molar-refractivity contribution is -0.152. The number of nitrogens with one attached hydrogen (secondary N) is 1. The van der Waals surface area contributed by atoms with Crippen LogP contribution in [-0.4, -0.2) is 276 Å². The van der Waals surface area contributed by atoms with Gasteiger partial charge in [-0.05, 0) is 108 Å². The van der Waals surface area contributed by atoms with Gasteiger partial charge in [0.25, 0.3) is 0 Å². The van der Waals surface area contributed by atoms with Gasteiger partial charge in [0.05, 0.1) is 63.7 Å². The highest BCUT2D eigenvalue weighted by atomic mass is 16.3. The van der Waals surface area contributed by atoms with E-state index in [-0.39, 0.29) is 77.3 Å². The Labute approximate surface area is 490 Å². The van der Waals surface area contributed by atoms with E-state index in [2.05, 4.69) is 5.32 Å². The summed E-state index contributed by atoms with van der Waals surface area (Å²) < 4.78 is 0. The summed E-state index contributed by atoms with van der Waals surface area (Å²) in [6.45, 7) is 21.0. The van der Waals surface area contributed by atoms with E-state index in [9.17, 15) is 68.4 Å². The first-order valence-electron chi connectivity index (χ1n) is 29.1. The van der Waals surface area contributed by atoms with E-state index >= 15 is 0 Å². The van der Waals surface area contributed by atoms with Crippen LogP contribution in [0.5, 0.6) is 0 Å². The molecular weight excluding hydrogens is 1060 g/mol. The van der Waals surface area contributed by atoms with Gasteiger partial charge in [0.15, 0.2) is 0 Å². The topological polar surface area (TPSA) is 319 Å². The number of primary amides is 1. The standard InChI is InChI=1S/C56H105N11O14.CH4/c1-17-37(7)58-23-48(73)64(39(9)19-3)33-51(76)59(24-43(13)68)29-49(74)62(27-46(16)71)32-54(79)67(42(12)22-6)36-56(81)65(40(10)20-4)34-52(77)60(25-44(14)69)30-50(75)61(26-45(15)70)31-53(78)66(41(11)21-5)35-55(80)63(28-47(57)72)38(8)18-2;/h37-46,58,68-71H,17-36H2,1-16H3,(H2,57,72);1H4/t37-,38-,39-,40-,41-,42-,43+,44+,45+,46+;/m1./s1. The Morgan fingerprint density at radius 3 is 0.768 bits per heavy atom. The lowest BCUT2D eigenvalue weighted by atomic mass is 10.1. The first-order valence-corrected chi connectivity index (χ1v) is 29.1. The summed E-state index contributed by atoms with van der Waals surface area (Å²) in [6.07, 6.45) is -1.60. The van der Waals surface area contributed by atoms with E-state index in [1.165, 1.54) is 52.2 Å². The molecule has 0 aromatic carbocycles. The Morgan fingerprint density at radius 1 is 0.329 bits per heavy atom. The lowest BCUT2D eigenvalue weighted by Crippen LogP contribution is -2.56. The molecule has 82 heavy (non-hydrogen) atoms. The number of aliphatic hydroxyl groups excluding tert-OH is 4. The second-order valence-corrected chi connectivity index (χ2v) is 22.0. The maximum atomic E-state index is 14.5. The van der Waals surface area contributed by atoms with Crippen molar-refractivity contribution in [3.05, 3.63) is 0 Å². The van der Waals surface area contributed by atoms with Crippen LogP contribution in [0.1, 0.15) is 157 Å². The fourth-order valence-electron chi connectivity index (χ4n) is 8.52. The Hall–Kier alpha value is -5.50. The molecule has 0 fully saturated rings. The third kappa shape index (κ3) is 28.2. The van der Waals surface area contributed by atoms with E-state index in [0.29, 0.717) is 32.1 Å². The summed E-state index contributed by atoms with van der Waals surface area (Å²) in [7, 11) is 0. The summed E-state index contributed by atoms with van der Waals surface area (Å²) >= 11 is 0. The fourth-order valence-corrected chi connectivity index (χ4v) is 8.52. The number of carbonyl (C=O) groups is 10. The third-order valence-electron chi connectivity index (χ3n) is 14.6. The molecule has 25 heteroatoms. The van der Waals surface area contributed by atoms with Gasteiger partial charge in [-0.1, -0.05) is 49.0 Å². The quantitative estimate of drug-likeness (QED) is 0.0486. The molecule has 0 bridgehead atoms. The maximum absolute atomic E-state index is 14.5. The van der Waals surface area contributed by atoms with Crippen molar-refractivity contribution in [2.75, 3.05) is 91.6 Å². The number of aliphatic hydroxyl groups is 4. The van der Waals surface area contributed by atoms with Gasteiger partial charge < -0.3 is 75.6 Å². The van der Waals surface area contributed by atoms with Crippen LogP contribution in [0.2, 0.25) is 0 Å². The molecule has 25 nitrogen and oxygen atoms in total. The molecule has 476 valence electrons. The summed E-state index contributed by atoms with van der Waals surface area (Å²) in [5.41, 5.74) is 5.44. The average Bonchev–Trinajstić information content (AvgIpc) is 3.39. The second-order valence-electron chi connectivity index (χ2n) is 22.0. The van der Waals surface area contributed by atoms with Crippen molar-refractivity contribution in [3.63, 3.8) is 0 Å². The molecular formula is C57H109N11O14. The minimum Gasteiger partial charge on any atom is -0.392 e. The summed E-state index contributed by atoms with van der Waals surface area (Å²) in [6, 6.07) is -2.37. The van der Waals surface area contributed by atoms with Crippen LogP contribution in [0.25, 0.3) is 0 Å². The zero-order valence-corrected chi connectivity index (χ0v) is 51.9. The highest BCUT2D eigenvalue weighted by Gasteiger charge is 2.35. The van der Waals surface area contributed by atoms with Crippen LogP contribution < -0.4 is 11.1 Å². The molecule has 0 radical (unpaired) electrons. The molecule has 0 aromatic heterocycles. The Kier molecular flexibility index (Phi) is 38.2. The van der Waals surface area contributed by atoms with E-state index in [0.717, 1.165) is 26.0 Å². The van der Waals surface area contributed by atoms with Gasteiger partial charge in [0.1, 0.15) is 26.2 Å². The molecule has 10 amide bonds. The number of amides is 10. The molecule has 0 aliphatic rings. The SMILES string of the molecule is C.CC[C@@H](C)NCC(=O)N(CC(=O)N(CC(=O)N(CC(=O)N(CC(=O)N(CC(=O)N(CC(=O)N(CC(=O)N(CC(=O)N(CC(N)=O)[C@H](C)CC)[C@H](C)CC)C[C@H](C)O)C[C@H](C)O)[C@H](C)CC)[C@H](C)CC)C[C@H](C)O)C[C@H](C)O)[C@H](C)CC. The van der Waals surface area contributed by atoms with Gasteiger partial charge in [0, 0.05) is 62.4 Å². The third-order valence-corrected chi connectivity index (χ3v) is 14.6. The molecule has 10 atom stereocenters. The van der Waals surface area contributed by atoms with Gasteiger partial charge in [-0.2, -0.15) is 0 Å². The molecule has 0 unspecified atom stereocenters. The highest BCUT2D eigenvalue weighted by molar-refractivity contribution is 5.94. The van der Waals surface area contributed by atoms with Crippen molar-refractivity contribution < 1.29 is 68.4 Å². The lowest BCUT2D eigenvalue weighted by Gasteiger charge is -2.36. The van der Waals surface area contributed by atoms with Gasteiger partial charge in [-0.3, -0.25) is 47.9 Å². The number of nitrogens with two attached hydrogens (primary N) is 1. The number of carbonyl (C=O) groups excluding carboxylic acids is 10. The smallest absolute Gasteiger partial charge is 0.242 e. The van der Waals surface area contributed by atoms with Crippen LogP contribution >= 0.6 is 0 Å². The predicted molar refractivity (Wildman–Crippen MR) is 314 cm³/mol. The Morgan fingerprint density at radius 2 is 0.537 bits per heavy atom. The van der Waals surface area contributed by atoms with Crippen LogP contribution in [0.4, 0.5) is 0 Å². The van der Waals surface area contributed by atoms with Crippen molar-refractivity contribution in [1.82, 2.24) is 49.4 Å². The van der Waals surface area contributed by atoms with Crippen molar-refractivity contribution in [2.45, 2.75) is 217 Å². The van der Waals surface area contributed by atoms with Gasteiger partial charge in [-0.15, -0.1) is 0 Å². The number of nitrogens with zero attached hydrogens (tertiary/aromatic N) is 9.